The molecule has 26 heavy (non-hydrogen) atoms. The second-order valence-electron chi connectivity index (χ2n) is 7.75. The fraction of sp³-hybridized carbons (Fsp3) is 0.455. The number of methoxy groups -OCH3 is 1. The van der Waals surface area contributed by atoms with Crippen LogP contribution < -0.4 is 4.74 Å². The van der Waals surface area contributed by atoms with Gasteiger partial charge in [-0.25, -0.2) is 0 Å². The molecule has 4 rings (SSSR count). The normalized spacial score (nSPS) is 28.7. The summed E-state index contributed by atoms with van der Waals surface area (Å²) in [5, 5.41) is 21.4. The fourth-order valence-electron chi connectivity index (χ4n) is 4.99. The Bertz CT molecular complexity index is 777. The Morgan fingerprint density at radius 3 is 2.81 bits per heavy atom. The van der Waals surface area contributed by atoms with Crippen LogP contribution in [0.2, 0.25) is 0 Å². The van der Waals surface area contributed by atoms with Crippen molar-refractivity contribution >= 4 is 0 Å². The molecule has 138 valence electrons. The summed E-state index contributed by atoms with van der Waals surface area (Å²) < 4.78 is 5.55. The predicted molar refractivity (Wildman–Crippen MR) is 101 cm³/mol. The summed E-state index contributed by atoms with van der Waals surface area (Å²) in [4.78, 5) is 2.41. The number of phenolic OH excluding ortho intramolecular Hbond substituents is 1. The number of benzene rings is 2. The molecule has 2 aliphatic rings. The molecule has 0 spiro atoms. The van der Waals surface area contributed by atoms with E-state index in [4.69, 9.17) is 4.74 Å². The number of rotatable bonds is 4. The van der Waals surface area contributed by atoms with E-state index in [1.54, 1.807) is 13.2 Å². The molecule has 0 aromatic heterocycles. The second-order valence-corrected chi connectivity index (χ2v) is 7.75. The van der Waals surface area contributed by atoms with Crippen molar-refractivity contribution in [1.29, 1.82) is 0 Å². The maximum absolute atomic E-state index is 11.7. The molecule has 0 amide bonds. The van der Waals surface area contributed by atoms with Crippen molar-refractivity contribution in [3.05, 3.63) is 59.7 Å². The molecule has 0 bridgehead atoms. The van der Waals surface area contributed by atoms with Gasteiger partial charge in [-0.3, -0.25) is 4.90 Å². The molecule has 2 N–H and O–H groups in total. The number of aromatic hydroxyl groups is 1. The van der Waals surface area contributed by atoms with Crippen LogP contribution in [0.15, 0.2) is 48.5 Å². The Labute approximate surface area is 155 Å². The summed E-state index contributed by atoms with van der Waals surface area (Å²) in [5.74, 6) is 1.80. The quantitative estimate of drug-likeness (QED) is 0.883. The van der Waals surface area contributed by atoms with Gasteiger partial charge in [0, 0.05) is 31.1 Å². The van der Waals surface area contributed by atoms with Crippen molar-refractivity contribution < 1.29 is 14.9 Å². The van der Waals surface area contributed by atoms with Crippen LogP contribution in [0, 0.1) is 11.8 Å². The molecule has 1 aliphatic heterocycles. The van der Waals surface area contributed by atoms with Crippen LogP contribution in [0.5, 0.6) is 11.5 Å². The van der Waals surface area contributed by atoms with Crippen LogP contribution in [0.3, 0.4) is 0 Å². The first-order chi connectivity index (χ1) is 12.6. The van der Waals surface area contributed by atoms with Crippen molar-refractivity contribution in [2.45, 2.75) is 31.4 Å². The van der Waals surface area contributed by atoms with E-state index in [0.717, 1.165) is 49.4 Å². The Hall–Kier alpha value is -2.04. The first-order valence-corrected chi connectivity index (χ1v) is 9.46. The number of para-hydroxylation sites is 1. The van der Waals surface area contributed by atoms with Crippen molar-refractivity contribution in [2.75, 3.05) is 20.2 Å². The molecular formula is C22H27NO3. The molecule has 2 aromatic rings. The van der Waals surface area contributed by atoms with Gasteiger partial charge >= 0.3 is 0 Å². The van der Waals surface area contributed by atoms with E-state index < -0.39 is 5.60 Å². The second kappa shape index (κ2) is 6.93. The van der Waals surface area contributed by atoms with E-state index in [0.29, 0.717) is 11.7 Å². The number of likely N-dealkylation sites (tertiary alicyclic amines) is 1. The molecule has 1 heterocycles. The summed E-state index contributed by atoms with van der Waals surface area (Å²) in [6.07, 6.45) is 2.99. The number of ether oxygens (including phenoxy) is 1. The lowest BCUT2D eigenvalue weighted by molar-refractivity contribution is -0.0662. The van der Waals surface area contributed by atoms with E-state index >= 15 is 0 Å². The van der Waals surface area contributed by atoms with E-state index in [2.05, 4.69) is 4.90 Å². The van der Waals surface area contributed by atoms with Gasteiger partial charge in [0.2, 0.25) is 0 Å². The smallest absolute Gasteiger partial charge is 0.124 e. The number of phenols is 1. The summed E-state index contributed by atoms with van der Waals surface area (Å²) in [5.41, 5.74) is 1.21. The molecule has 0 unspecified atom stereocenters. The lowest BCUT2D eigenvalue weighted by Crippen LogP contribution is -2.43. The minimum atomic E-state index is -0.830. The molecule has 2 fully saturated rings. The third kappa shape index (κ3) is 3.08. The van der Waals surface area contributed by atoms with Crippen LogP contribution in [0.4, 0.5) is 0 Å². The van der Waals surface area contributed by atoms with Gasteiger partial charge in [0.25, 0.3) is 0 Å². The van der Waals surface area contributed by atoms with Crippen LogP contribution in [0.1, 0.15) is 30.4 Å². The number of hydrogen-bond donors (Lipinski definition) is 2. The Balaban J connectivity index is 1.58. The molecule has 1 saturated heterocycles. The van der Waals surface area contributed by atoms with Crippen LogP contribution in [0.25, 0.3) is 0 Å². The Kier molecular flexibility index (Phi) is 4.63. The molecule has 2 aromatic carbocycles. The number of hydrogen-bond acceptors (Lipinski definition) is 4. The SMILES string of the molecule is COc1ccccc1[C@]1(O)CCC[C@H]2CN(Cc3cccc(O)c3)C[C@H]21. The minimum absolute atomic E-state index is 0.213. The molecule has 3 atom stereocenters. The highest BCUT2D eigenvalue weighted by Gasteiger charge is 2.50. The van der Waals surface area contributed by atoms with Crippen molar-refractivity contribution in [3.8, 4) is 11.5 Å². The average molecular weight is 353 g/mol. The van der Waals surface area contributed by atoms with Gasteiger partial charge in [0.05, 0.1) is 12.7 Å². The van der Waals surface area contributed by atoms with Gasteiger partial charge in [0.15, 0.2) is 0 Å². The maximum Gasteiger partial charge on any atom is 0.124 e. The van der Waals surface area contributed by atoms with E-state index in [1.165, 1.54) is 6.42 Å². The third-order valence-corrected chi connectivity index (χ3v) is 6.15. The largest absolute Gasteiger partial charge is 0.508 e. The van der Waals surface area contributed by atoms with E-state index in [1.807, 2.05) is 42.5 Å². The molecule has 0 radical (unpaired) electrons. The van der Waals surface area contributed by atoms with Crippen molar-refractivity contribution in [2.24, 2.45) is 11.8 Å². The molecule has 4 heteroatoms. The van der Waals surface area contributed by atoms with Crippen LogP contribution in [-0.2, 0) is 12.1 Å². The zero-order valence-corrected chi connectivity index (χ0v) is 15.3. The zero-order chi connectivity index (χ0) is 18.1. The highest BCUT2D eigenvalue weighted by molar-refractivity contribution is 5.39. The van der Waals surface area contributed by atoms with E-state index in [9.17, 15) is 10.2 Å². The summed E-state index contributed by atoms with van der Waals surface area (Å²) >= 11 is 0. The molecular weight excluding hydrogens is 326 g/mol. The molecule has 1 aliphatic carbocycles. The lowest BCUT2D eigenvalue weighted by Gasteiger charge is -2.42. The predicted octanol–water partition coefficient (Wildman–Crippen LogP) is 3.52. The lowest BCUT2D eigenvalue weighted by atomic mass is 9.67. The van der Waals surface area contributed by atoms with E-state index in [-0.39, 0.29) is 5.92 Å². The number of fused-ring (bicyclic) bond motifs is 1. The number of nitrogens with zero attached hydrogens (tertiary/aromatic N) is 1. The average Bonchev–Trinajstić information content (AvgIpc) is 3.06. The van der Waals surface area contributed by atoms with Gasteiger partial charge in [0.1, 0.15) is 11.5 Å². The Morgan fingerprint density at radius 2 is 2.00 bits per heavy atom. The maximum atomic E-state index is 11.7. The third-order valence-electron chi connectivity index (χ3n) is 6.15. The van der Waals surface area contributed by atoms with Gasteiger partial charge in [-0.1, -0.05) is 30.3 Å². The van der Waals surface area contributed by atoms with Crippen molar-refractivity contribution in [3.63, 3.8) is 0 Å². The minimum Gasteiger partial charge on any atom is -0.508 e. The fourth-order valence-corrected chi connectivity index (χ4v) is 4.99. The van der Waals surface area contributed by atoms with Gasteiger partial charge in [-0.05, 0) is 48.9 Å². The summed E-state index contributed by atoms with van der Waals surface area (Å²) in [7, 11) is 1.67. The monoisotopic (exact) mass is 353 g/mol. The number of aliphatic hydroxyl groups is 1. The highest BCUT2D eigenvalue weighted by Crippen LogP contribution is 2.50. The van der Waals surface area contributed by atoms with Gasteiger partial charge in [-0.15, -0.1) is 0 Å². The van der Waals surface area contributed by atoms with Crippen LogP contribution >= 0.6 is 0 Å². The van der Waals surface area contributed by atoms with Gasteiger partial charge in [-0.2, -0.15) is 0 Å². The summed E-state index contributed by atoms with van der Waals surface area (Å²) in [6.45, 7) is 2.68. The first kappa shape index (κ1) is 17.4. The molecule has 1 saturated carbocycles. The first-order valence-electron chi connectivity index (χ1n) is 9.46. The van der Waals surface area contributed by atoms with Crippen molar-refractivity contribution in [1.82, 2.24) is 4.90 Å². The Morgan fingerprint density at radius 1 is 1.15 bits per heavy atom. The van der Waals surface area contributed by atoms with Gasteiger partial charge < -0.3 is 14.9 Å². The molecule has 4 nitrogen and oxygen atoms in total. The topological polar surface area (TPSA) is 52.9 Å². The summed E-state index contributed by atoms with van der Waals surface area (Å²) in [6, 6.07) is 15.4. The van der Waals surface area contributed by atoms with Crippen LogP contribution in [-0.4, -0.2) is 35.3 Å². The zero-order valence-electron chi connectivity index (χ0n) is 15.3. The standard InChI is InChI=1S/C22H27NO3/c1-26-21-10-3-2-9-19(21)22(25)11-5-7-17-14-23(15-20(17)22)13-16-6-4-8-18(24)12-16/h2-4,6,8-10,12,17,20,24-25H,5,7,11,13-15H2,1H3/t17-,20+,22+/m0/s1. The highest BCUT2D eigenvalue weighted by atomic mass is 16.5.